The predicted octanol–water partition coefficient (Wildman–Crippen LogP) is 1.81. The molecule has 5 heteroatoms. The zero-order valence-corrected chi connectivity index (χ0v) is 11.4. The highest BCUT2D eigenvalue weighted by molar-refractivity contribution is 5.97. The van der Waals surface area contributed by atoms with Crippen LogP contribution in [0.15, 0.2) is 24.5 Å². The summed E-state index contributed by atoms with van der Waals surface area (Å²) in [5.74, 6) is -0.159. The van der Waals surface area contributed by atoms with Crippen LogP contribution in [0.1, 0.15) is 32.1 Å². The van der Waals surface area contributed by atoms with Crippen LogP contribution in [-0.4, -0.2) is 34.3 Å². The quantitative estimate of drug-likeness (QED) is 0.913. The fourth-order valence-corrected chi connectivity index (χ4v) is 3.16. The van der Waals surface area contributed by atoms with E-state index < -0.39 is 0 Å². The number of pyridine rings is 1. The molecule has 0 bridgehead atoms. The third-order valence-corrected chi connectivity index (χ3v) is 4.24. The summed E-state index contributed by atoms with van der Waals surface area (Å²) < 4.78 is 0. The average molecular weight is 273 g/mol. The highest BCUT2D eigenvalue weighted by Gasteiger charge is 2.38. The van der Waals surface area contributed by atoms with Crippen molar-refractivity contribution in [1.82, 2.24) is 9.88 Å². The topological polar surface area (TPSA) is 62.3 Å². The largest absolute Gasteiger partial charge is 0.339 e. The van der Waals surface area contributed by atoms with Gasteiger partial charge in [-0.2, -0.15) is 0 Å². The van der Waals surface area contributed by atoms with Gasteiger partial charge in [-0.15, -0.1) is 0 Å². The van der Waals surface area contributed by atoms with E-state index in [0.717, 1.165) is 18.5 Å². The third-order valence-electron chi connectivity index (χ3n) is 4.24. The summed E-state index contributed by atoms with van der Waals surface area (Å²) in [6.07, 6.45) is 8.19. The molecule has 0 radical (unpaired) electrons. The Morgan fingerprint density at radius 1 is 1.25 bits per heavy atom. The van der Waals surface area contributed by atoms with Crippen LogP contribution in [0.4, 0.5) is 5.69 Å². The summed E-state index contributed by atoms with van der Waals surface area (Å²) >= 11 is 0. The molecule has 0 unspecified atom stereocenters. The Hall–Kier alpha value is -1.91. The Balaban J connectivity index is 1.61. The summed E-state index contributed by atoms with van der Waals surface area (Å²) in [6.45, 7) is 0.570. The number of likely N-dealkylation sites (tertiary alicyclic amines) is 1. The molecule has 3 rings (SSSR count). The van der Waals surface area contributed by atoms with Crippen molar-refractivity contribution in [2.24, 2.45) is 5.92 Å². The summed E-state index contributed by atoms with van der Waals surface area (Å²) in [7, 11) is 0. The number of hydrogen-bond donors (Lipinski definition) is 1. The lowest BCUT2D eigenvalue weighted by Crippen LogP contribution is -2.35. The maximum atomic E-state index is 12.2. The minimum Gasteiger partial charge on any atom is -0.339 e. The molecule has 106 valence electrons. The molecule has 1 aliphatic heterocycles. The first-order valence-corrected chi connectivity index (χ1v) is 7.24. The van der Waals surface area contributed by atoms with Crippen molar-refractivity contribution in [2.75, 3.05) is 11.9 Å². The Morgan fingerprint density at radius 3 is 2.65 bits per heavy atom. The number of hydrogen-bond acceptors (Lipinski definition) is 3. The summed E-state index contributed by atoms with van der Waals surface area (Å²) in [6, 6.07) is 3.87. The fraction of sp³-hybridized carbons (Fsp3) is 0.533. The van der Waals surface area contributed by atoms with Gasteiger partial charge in [-0.1, -0.05) is 12.8 Å². The number of carbonyl (C=O) groups excluding carboxylic acids is 2. The number of rotatable bonds is 3. The molecule has 5 nitrogen and oxygen atoms in total. The standard InChI is InChI=1S/C15H19N3O2/c19-14-9-11(10-18(14)13-3-1-2-4-13)15(20)17-12-5-7-16-8-6-12/h5-8,11,13H,1-4,9-10H2,(H,16,17,20)/t11-/m1/s1. The van der Waals surface area contributed by atoms with E-state index in [1.165, 1.54) is 12.8 Å². The molecular weight excluding hydrogens is 254 g/mol. The molecule has 0 spiro atoms. The van der Waals surface area contributed by atoms with Crippen molar-refractivity contribution in [3.8, 4) is 0 Å². The van der Waals surface area contributed by atoms with Crippen LogP contribution in [0.5, 0.6) is 0 Å². The first-order chi connectivity index (χ1) is 9.74. The molecule has 2 fully saturated rings. The highest BCUT2D eigenvalue weighted by Crippen LogP contribution is 2.29. The Kier molecular flexibility index (Phi) is 3.67. The molecule has 1 N–H and O–H groups in total. The second kappa shape index (κ2) is 5.61. The van der Waals surface area contributed by atoms with Gasteiger partial charge in [0, 0.05) is 37.1 Å². The lowest BCUT2D eigenvalue weighted by atomic mass is 10.1. The van der Waals surface area contributed by atoms with Crippen LogP contribution in [0.25, 0.3) is 0 Å². The van der Waals surface area contributed by atoms with Gasteiger partial charge in [0.1, 0.15) is 0 Å². The van der Waals surface area contributed by atoms with E-state index in [2.05, 4.69) is 10.3 Å². The van der Waals surface area contributed by atoms with Crippen LogP contribution < -0.4 is 5.32 Å². The van der Waals surface area contributed by atoms with Gasteiger partial charge in [0.2, 0.25) is 11.8 Å². The van der Waals surface area contributed by atoms with Gasteiger partial charge in [0.15, 0.2) is 0 Å². The van der Waals surface area contributed by atoms with Crippen molar-refractivity contribution in [3.63, 3.8) is 0 Å². The first-order valence-electron chi connectivity index (χ1n) is 7.24. The number of nitrogens with zero attached hydrogens (tertiary/aromatic N) is 2. The number of carbonyl (C=O) groups is 2. The average Bonchev–Trinajstić information content (AvgIpc) is 3.08. The third kappa shape index (κ3) is 2.66. The number of nitrogens with one attached hydrogen (secondary N) is 1. The Bertz CT molecular complexity index is 497. The van der Waals surface area contributed by atoms with Gasteiger partial charge in [-0.3, -0.25) is 14.6 Å². The van der Waals surface area contributed by atoms with Gasteiger partial charge in [-0.05, 0) is 25.0 Å². The molecule has 2 aliphatic rings. The fourth-order valence-electron chi connectivity index (χ4n) is 3.16. The van der Waals surface area contributed by atoms with E-state index >= 15 is 0 Å². The van der Waals surface area contributed by atoms with E-state index in [4.69, 9.17) is 0 Å². The molecule has 2 amide bonds. The molecule has 1 saturated carbocycles. The smallest absolute Gasteiger partial charge is 0.229 e. The van der Waals surface area contributed by atoms with E-state index in [0.29, 0.717) is 19.0 Å². The van der Waals surface area contributed by atoms with Crippen molar-refractivity contribution < 1.29 is 9.59 Å². The molecule has 1 aliphatic carbocycles. The normalized spacial score (nSPS) is 23.3. The predicted molar refractivity (Wildman–Crippen MR) is 74.9 cm³/mol. The molecule has 1 aromatic rings. The zero-order valence-electron chi connectivity index (χ0n) is 11.4. The van der Waals surface area contributed by atoms with Crippen molar-refractivity contribution >= 4 is 17.5 Å². The molecule has 0 aromatic carbocycles. The zero-order chi connectivity index (χ0) is 13.9. The van der Waals surface area contributed by atoms with E-state index in [-0.39, 0.29) is 17.7 Å². The van der Waals surface area contributed by atoms with Crippen LogP contribution in [-0.2, 0) is 9.59 Å². The highest BCUT2D eigenvalue weighted by atomic mass is 16.2. The van der Waals surface area contributed by atoms with Gasteiger partial charge in [0.05, 0.1) is 5.92 Å². The first kappa shape index (κ1) is 13.1. The van der Waals surface area contributed by atoms with Crippen molar-refractivity contribution in [1.29, 1.82) is 0 Å². The van der Waals surface area contributed by atoms with Gasteiger partial charge in [0.25, 0.3) is 0 Å². The van der Waals surface area contributed by atoms with Crippen LogP contribution in [0.3, 0.4) is 0 Å². The summed E-state index contributed by atoms with van der Waals surface area (Å²) in [4.78, 5) is 30.1. The van der Waals surface area contributed by atoms with Gasteiger partial charge in [-0.25, -0.2) is 0 Å². The minimum atomic E-state index is -0.226. The second-order valence-electron chi connectivity index (χ2n) is 5.61. The van der Waals surface area contributed by atoms with Gasteiger partial charge < -0.3 is 10.2 Å². The lowest BCUT2D eigenvalue weighted by molar-refractivity contribution is -0.129. The second-order valence-corrected chi connectivity index (χ2v) is 5.61. The van der Waals surface area contributed by atoms with E-state index in [1.54, 1.807) is 24.5 Å². The lowest BCUT2D eigenvalue weighted by Gasteiger charge is -2.23. The summed E-state index contributed by atoms with van der Waals surface area (Å²) in [5, 5.41) is 2.86. The van der Waals surface area contributed by atoms with Gasteiger partial charge >= 0.3 is 0 Å². The Morgan fingerprint density at radius 2 is 1.95 bits per heavy atom. The SMILES string of the molecule is O=C(Nc1ccncc1)[C@@H]1CC(=O)N(C2CCCC2)C1. The molecule has 1 aromatic heterocycles. The Labute approximate surface area is 118 Å². The molecule has 20 heavy (non-hydrogen) atoms. The van der Waals surface area contributed by atoms with Crippen LogP contribution >= 0.6 is 0 Å². The van der Waals surface area contributed by atoms with E-state index in [1.807, 2.05) is 4.90 Å². The summed E-state index contributed by atoms with van der Waals surface area (Å²) in [5.41, 5.74) is 0.733. The minimum absolute atomic E-state index is 0.0648. The maximum Gasteiger partial charge on any atom is 0.229 e. The van der Waals surface area contributed by atoms with Crippen molar-refractivity contribution in [2.45, 2.75) is 38.1 Å². The van der Waals surface area contributed by atoms with Crippen molar-refractivity contribution in [3.05, 3.63) is 24.5 Å². The molecule has 1 saturated heterocycles. The van der Waals surface area contributed by atoms with Crippen LogP contribution in [0.2, 0.25) is 0 Å². The molecular formula is C15H19N3O2. The monoisotopic (exact) mass is 273 g/mol. The van der Waals surface area contributed by atoms with E-state index in [9.17, 15) is 9.59 Å². The molecule has 2 heterocycles. The molecule has 1 atom stereocenters. The number of aromatic nitrogens is 1. The number of anilines is 1. The maximum absolute atomic E-state index is 12.2. The number of amides is 2. The van der Waals surface area contributed by atoms with Crippen LogP contribution in [0, 0.1) is 5.92 Å².